The Labute approximate surface area is 145 Å². The van der Waals surface area contributed by atoms with Gasteiger partial charge in [0, 0.05) is 10.5 Å². The minimum absolute atomic E-state index is 0.0308. The van der Waals surface area contributed by atoms with Crippen molar-refractivity contribution >= 4 is 44.8 Å². The molecule has 0 aliphatic carbocycles. The van der Waals surface area contributed by atoms with E-state index in [0.717, 1.165) is 17.0 Å². The van der Waals surface area contributed by atoms with Gasteiger partial charge in [-0.1, -0.05) is 35.3 Å². The molecule has 2 nitrogen and oxygen atoms in total. The van der Waals surface area contributed by atoms with Crippen LogP contribution >= 0.6 is 35.0 Å². The molecule has 0 spiro atoms. The normalized spacial score (nSPS) is 12.4. The van der Waals surface area contributed by atoms with Crippen molar-refractivity contribution in [2.45, 2.75) is 15.3 Å². The summed E-state index contributed by atoms with van der Waals surface area (Å²) in [6.07, 6.45) is 1.84. The minimum Gasteiger partial charge on any atom is -0.214 e. The summed E-state index contributed by atoms with van der Waals surface area (Å²) in [6, 6.07) is 8.25. The molecule has 0 fully saturated rings. The number of halogens is 5. The van der Waals surface area contributed by atoms with Gasteiger partial charge in [0.05, 0.1) is 14.9 Å². The highest BCUT2D eigenvalue weighted by Crippen LogP contribution is 2.40. The van der Waals surface area contributed by atoms with E-state index in [9.17, 15) is 21.6 Å². The van der Waals surface area contributed by atoms with Crippen molar-refractivity contribution in [2.75, 3.05) is 6.26 Å². The maximum absolute atomic E-state index is 12.9. The summed E-state index contributed by atoms with van der Waals surface area (Å²) in [6.45, 7) is 0. The van der Waals surface area contributed by atoms with E-state index in [2.05, 4.69) is 0 Å². The first kappa shape index (κ1) is 18.4. The molecular formula is C14H9Cl2F3O2S2. The largest absolute Gasteiger partial charge is 0.501 e. The number of sulfone groups is 1. The molecule has 0 radical (unpaired) electrons. The van der Waals surface area contributed by atoms with E-state index in [1.54, 1.807) is 12.1 Å². The maximum atomic E-state index is 12.9. The predicted molar refractivity (Wildman–Crippen MR) is 86.9 cm³/mol. The molecule has 124 valence electrons. The third-order valence-corrected chi connectivity index (χ3v) is 6.01. The molecule has 2 aromatic rings. The van der Waals surface area contributed by atoms with E-state index in [1.807, 2.05) is 6.26 Å². The number of thioether (sulfide) groups is 1. The average Bonchev–Trinajstić information content (AvgIpc) is 2.48. The first-order valence-corrected chi connectivity index (χ1v) is 9.49. The Bertz CT molecular complexity index is 832. The Balaban J connectivity index is 2.75. The highest BCUT2D eigenvalue weighted by molar-refractivity contribution is 7.98. The topological polar surface area (TPSA) is 34.1 Å². The highest BCUT2D eigenvalue weighted by Gasteiger charge is 2.48. The Kier molecular flexibility index (Phi) is 5.25. The number of rotatable bonds is 3. The molecule has 2 rings (SSSR count). The van der Waals surface area contributed by atoms with Crippen molar-refractivity contribution in [1.29, 1.82) is 0 Å². The molecule has 0 aliphatic heterocycles. The first-order valence-electron chi connectivity index (χ1n) is 6.02. The SMILES string of the molecule is CSc1ccc(-c2cc(Cl)c(Cl)cc2S(=O)(=O)C(F)(F)F)cc1. The lowest BCUT2D eigenvalue weighted by Crippen LogP contribution is -2.24. The fourth-order valence-electron chi connectivity index (χ4n) is 1.87. The van der Waals surface area contributed by atoms with Crippen LogP contribution in [-0.2, 0) is 9.84 Å². The third-order valence-electron chi connectivity index (χ3n) is 3.02. The maximum Gasteiger partial charge on any atom is 0.501 e. The van der Waals surface area contributed by atoms with Gasteiger partial charge in [-0.25, -0.2) is 8.42 Å². The van der Waals surface area contributed by atoms with Crippen LogP contribution in [0.25, 0.3) is 11.1 Å². The van der Waals surface area contributed by atoms with Crippen molar-refractivity contribution in [1.82, 2.24) is 0 Å². The van der Waals surface area contributed by atoms with Gasteiger partial charge in [0.1, 0.15) is 0 Å². The van der Waals surface area contributed by atoms with Gasteiger partial charge in [-0.3, -0.25) is 0 Å². The van der Waals surface area contributed by atoms with E-state index < -0.39 is 20.2 Å². The molecule has 0 bridgehead atoms. The summed E-state index contributed by atoms with van der Waals surface area (Å²) in [5.74, 6) is 0. The molecule has 0 saturated carbocycles. The van der Waals surface area contributed by atoms with Crippen LogP contribution in [0.15, 0.2) is 46.2 Å². The van der Waals surface area contributed by atoms with Crippen LogP contribution in [0.1, 0.15) is 0 Å². The average molecular weight is 401 g/mol. The quantitative estimate of drug-likeness (QED) is 0.621. The van der Waals surface area contributed by atoms with Crippen LogP contribution < -0.4 is 0 Å². The Morgan fingerprint density at radius 3 is 2.00 bits per heavy atom. The van der Waals surface area contributed by atoms with Gasteiger partial charge in [0.25, 0.3) is 9.84 Å². The summed E-state index contributed by atoms with van der Waals surface area (Å²) in [5.41, 5.74) is -5.29. The van der Waals surface area contributed by atoms with Crippen LogP contribution in [0.3, 0.4) is 0 Å². The van der Waals surface area contributed by atoms with Crippen LogP contribution in [0.5, 0.6) is 0 Å². The molecule has 0 saturated heterocycles. The van der Waals surface area contributed by atoms with Gasteiger partial charge < -0.3 is 0 Å². The fourth-order valence-corrected chi connectivity index (χ4v) is 3.66. The molecule has 0 heterocycles. The number of alkyl halides is 3. The van der Waals surface area contributed by atoms with Crippen LogP contribution in [0, 0.1) is 0 Å². The molecule has 9 heteroatoms. The van der Waals surface area contributed by atoms with Crippen molar-refractivity contribution in [3.05, 3.63) is 46.4 Å². The zero-order valence-electron chi connectivity index (χ0n) is 11.5. The standard InChI is InChI=1S/C14H9Cl2F3O2S2/c1-22-9-4-2-8(3-5-9)10-6-11(15)12(16)7-13(10)23(20,21)14(17,18)19/h2-7H,1H3. The minimum atomic E-state index is -5.56. The summed E-state index contributed by atoms with van der Waals surface area (Å²) in [7, 11) is -5.56. The van der Waals surface area contributed by atoms with Crippen LogP contribution in [0.4, 0.5) is 13.2 Å². The van der Waals surface area contributed by atoms with Gasteiger partial charge in [0.2, 0.25) is 0 Å². The summed E-state index contributed by atoms with van der Waals surface area (Å²) >= 11 is 13.0. The molecule has 23 heavy (non-hydrogen) atoms. The monoisotopic (exact) mass is 400 g/mol. The molecule has 0 aromatic heterocycles. The predicted octanol–water partition coefficient (Wildman–Crippen LogP) is 5.68. The van der Waals surface area contributed by atoms with Gasteiger partial charge in [-0.05, 0) is 36.1 Å². The molecule has 0 atom stereocenters. The van der Waals surface area contributed by atoms with Gasteiger partial charge in [0.15, 0.2) is 0 Å². The van der Waals surface area contributed by atoms with Crippen LogP contribution in [-0.4, -0.2) is 20.2 Å². The zero-order valence-corrected chi connectivity index (χ0v) is 14.6. The van der Waals surface area contributed by atoms with E-state index in [4.69, 9.17) is 23.2 Å². The van der Waals surface area contributed by atoms with Gasteiger partial charge in [-0.2, -0.15) is 13.2 Å². The Morgan fingerprint density at radius 2 is 1.52 bits per heavy atom. The Morgan fingerprint density at radius 1 is 1.00 bits per heavy atom. The van der Waals surface area contributed by atoms with E-state index in [0.29, 0.717) is 5.56 Å². The smallest absolute Gasteiger partial charge is 0.214 e. The number of hydrogen-bond donors (Lipinski definition) is 0. The van der Waals surface area contributed by atoms with E-state index in [-0.39, 0.29) is 15.6 Å². The third kappa shape index (κ3) is 3.63. The summed E-state index contributed by atoms with van der Waals surface area (Å²) in [4.78, 5) is -0.0367. The molecular weight excluding hydrogens is 392 g/mol. The molecule has 2 aromatic carbocycles. The second-order valence-electron chi connectivity index (χ2n) is 4.44. The molecule has 0 N–H and O–H groups in total. The van der Waals surface area contributed by atoms with Crippen molar-refractivity contribution < 1.29 is 21.6 Å². The lowest BCUT2D eigenvalue weighted by molar-refractivity contribution is -0.0435. The number of hydrogen-bond acceptors (Lipinski definition) is 3. The summed E-state index contributed by atoms with van der Waals surface area (Å²) < 4.78 is 62.3. The molecule has 0 amide bonds. The highest BCUT2D eigenvalue weighted by atomic mass is 35.5. The van der Waals surface area contributed by atoms with Crippen molar-refractivity contribution in [3.8, 4) is 11.1 Å². The van der Waals surface area contributed by atoms with Crippen molar-refractivity contribution in [2.24, 2.45) is 0 Å². The first-order chi connectivity index (χ1) is 10.6. The van der Waals surface area contributed by atoms with Crippen LogP contribution in [0.2, 0.25) is 10.0 Å². The lowest BCUT2D eigenvalue weighted by atomic mass is 10.1. The second-order valence-corrected chi connectivity index (χ2v) is 8.04. The summed E-state index contributed by atoms with van der Waals surface area (Å²) in [5, 5.41) is -0.296. The van der Waals surface area contributed by atoms with E-state index in [1.165, 1.54) is 23.9 Å². The van der Waals surface area contributed by atoms with Crippen molar-refractivity contribution in [3.63, 3.8) is 0 Å². The van der Waals surface area contributed by atoms with Gasteiger partial charge in [-0.15, -0.1) is 11.8 Å². The van der Waals surface area contributed by atoms with E-state index >= 15 is 0 Å². The molecule has 0 aliphatic rings. The zero-order chi connectivity index (χ0) is 17.4. The fraction of sp³-hybridized carbons (Fsp3) is 0.143. The molecule has 0 unspecified atom stereocenters. The second kappa shape index (κ2) is 6.55. The number of benzene rings is 2. The Hall–Kier alpha value is -0.890. The lowest BCUT2D eigenvalue weighted by Gasteiger charge is -2.14. The van der Waals surface area contributed by atoms with Gasteiger partial charge >= 0.3 is 5.51 Å².